The maximum Gasteiger partial charge on any atom is 0.325 e. The Morgan fingerprint density at radius 3 is 2.65 bits per heavy atom. The summed E-state index contributed by atoms with van der Waals surface area (Å²) in [5, 5.41) is 14.6. The summed E-state index contributed by atoms with van der Waals surface area (Å²) in [6.07, 6.45) is 0. The monoisotopic (exact) mass is 406 g/mol. The van der Waals surface area contributed by atoms with Crippen LogP contribution < -0.4 is 15.4 Å². The molecule has 0 aliphatic heterocycles. The topological polar surface area (TPSA) is 76.1 Å². The maximum absolute atomic E-state index is 12.0. The summed E-state index contributed by atoms with van der Waals surface area (Å²) in [7, 11) is 1.59. The second-order valence-corrected chi connectivity index (χ2v) is 7.67. The third-order valence-corrected chi connectivity index (χ3v) is 5.67. The zero-order chi connectivity index (χ0) is 18.4. The number of hydrogen-bond acceptors (Lipinski definition) is 6. The first-order valence-corrected chi connectivity index (χ1v) is 9.74. The molecule has 9 heteroatoms. The molecule has 0 saturated carbocycles. The third-order valence-electron chi connectivity index (χ3n) is 3.28. The Bertz CT molecular complexity index is 886. The number of nitrogens with zero attached hydrogens (tertiary/aromatic N) is 2. The summed E-state index contributed by atoms with van der Waals surface area (Å²) >= 11 is 8.97. The van der Waals surface area contributed by atoms with Crippen molar-refractivity contribution in [3.05, 3.63) is 59.1 Å². The van der Waals surface area contributed by atoms with Crippen LogP contribution in [0.4, 0.5) is 15.6 Å². The summed E-state index contributed by atoms with van der Waals surface area (Å²) in [5.74, 6) is 1.41. The number of nitrogens with one attached hydrogen (secondary N) is 2. The lowest BCUT2D eigenvalue weighted by atomic mass is 10.2. The molecule has 2 N–H and O–H groups in total. The van der Waals surface area contributed by atoms with E-state index in [1.807, 2.05) is 24.3 Å². The van der Waals surface area contributed by atoms with Crippen molar-refractivity contribution < 1.29 is 9.53 Å². The van der Waals surface area contributed by atoms with E-state index in [0.717, 1.165) is 20.7 Å². The van der Waals surface area contributed by atoms with Gasteiger partial charge in [0.2, 0.25) is 5.13 Å². The first-order valence-electron chi connectivity index (χ1n) is 7.56. The second-order valence-electron chi connectivity index (χ2n) is 5.06. The Hall–Kier alpha value is -2.29. The molecule has 2 aromatic carbocycles. The van der Waals surface area contributed by atoms with Crippen LogP contribution >= 0.6 is 34.7 Å². The first-order chi connectivity index (χ1) is 12.6. The van der Waals surface area contributed by atoms with Gasteiger partial charge in [-0.2, -0.15) is 0 Å². The van der Waals surface area contributed by atoms with Crippen LogP contribution in [0.25, 0.3) is 0 Å². The molecule has 6 nitrogen and oxygen atoms in total. The summed E-state index contributed by atoms with van der Waals surface area (Å²) < 4.78 is 5.83. The van der Waals surface area contributed by atoms with E-state index in [-0.39, 0.29) is 6.03 Å². The van der Waals surface area contributed by atoms with Crippen molar-refractivity contribution in [2.24, 2.45) is 0 Å². The van der Waals surface area contributed by atoms with Gasteiger partial charge in [-0.3, -0.25) is 5.32 Å². The van der Waals surface area contributed by atoms with E-state index in [4.69, 9.17) is 16.3 Å². The molecule has 1 heterocycles. The number of thioether (sulfide) groups is 1. The SMILES string of the molecule is COc1ccc(NC(=O)Nc2nnc(SCc3ccccc3Cl)s2)cc1. The average molecular weight is 407 g/mol. The lowest BCUT2D eigenvalue weighted by molar-refractivity contribution is 0.262. The van der Waals surface area contributed by atoms with Crippen LogP contribution in [0, 0.1) is 0 Å². The maximum atomic E-state index is 12.0. The number of rotatable bonds is 6. The number of hydrogen-bond donors (Lipinski definition) is 2. The molecule has 3 aromatic rings. The molecule has 0 radical (unpaired) electrons. The van der Waals surface area contributed by atoms with E-state index in [0.29, 0.717) is 16.6 Å². The molecule has 0 aliphatic carbocycles. The fourth-order valence-electron chi connectivity index (χ4n) is 2.01. The number of carbonyl (C=O) groups excluding carboxylic acids is 1. The molecule has 0 spiro atoms. The molecule has 0 fully saturated rings. The second kappa shape index (κ2) is 8.88. The highest BCUT2D eigenvalue weighted by Gasteiger charge is 2.10. The Morgan fingerprint density at radius 1 is 1.15 bits per heavy atom. The molecule has 2 amide bonds. The number of urea groups is 1. The standard InChI is InChI=1S/C17H15ClN4O2S2/c1-24-13-8-6-12(7-9-13)19-15(23)20-16-21-22-17(26-16)25-10-11-4-2-3-5-14(11)18/h2-9H,10H2,1H3,(H2,19,20,21,23). The van der Waals surface area contributed by atoms with Gasteiger partial charge in [0.25, 0.3) is 0 Å². The minimum Gasteiger partial charge on any atom is -0.497 e. The first kappa shape index (κ1) is 18.5. The van der Waals surface area contributed by atoms with Crippen LogP contribution in [0.5, 0.6) is 5.75 Å². The Kier molecular flexibility index (Phi) is 6.32. The van der Waals surface area contributed by atoms with E-state index in [9.17, 15) is 4.79 Å². The van der Waals surface area contributed by atoms with E-state index >= 15 is 0 Å². The van der Waals surface area contributed by atoms with Crippen LogP contribution in [0.2, 0.25) is 5.02 Å². The number of ether oxygens (including phenoxy) is 1. The predicted molar refractivity (Wildman–Crippen MR) is 107 cm³/mol. The molecular weight excluding hydrogens is 392 g/mol. The Balaban J connectivity index is 1.52. The summed E-state index contributed by atoms with van der Waals surface area (Å²) in [6, 6.07) is 14.3. The van der Waals surface area contributed by atoms with Crippen molar-refractivity contribution in [3.8, 4) is 5.75 Å². The van der Waals surface area contributed by atoms with Gasteiger partial charge in [-0.05, 0) is 35.9 Å². The highest BCUT2D eigenvalue weighted by Crippen LogP contribution is 2.30. The molecular formula is C17H15ClN4O2S2. The minimum absolute atomic E-state index is 0.381. The quantitative estimate of drug-likeness (QED) is 0.438. The summed E-state index contributed by atoms with van der Waals surface area (Å²) in [6.45, 7) is 0. The molecule has 0 bridgehead atoms. The van der Waals surface area contributed by atoms with Gasteiger partial charge < -0.3 is 10.1 Å². The third kappa shape index (κ3) is 5.10. The molecule has 26 heavy (non-hydrogen) atoms. The van der Waals surface area contributed by atoms with E-state index in [1.54, 1.807) is 31.4 Å². The molecule has 0 unspecified atom stereocenters. The molecule has 134 valence electrons. The zero-order valence-electron chi connectivity index (χ0n) is 13.7. The molecule has 0 aliphatic rings. The zero-order valence-corrected chi connectivity index (χ0v) is 16.1. The van der Waals surface area contributed by atoms with Crippen LogP contribution in [-0.2, 0) is 5.75 Å². The van der Waals surface area contributed by atoms with Gasteiger partial charge in [0.15, 0.2) is 4.34 Å². The number of halogens is 1. The largest absolute Gasteiger partial charge is 0.497 e. The molecule has 0 atom stereocenters. The van der Waals surface area contributed by atoms with Crippen LogP contribution in [0.15, 0.2) is 52.9 Å². The Morgan fingerprint density at radius 2 is 1.92 bits per heavy atom. The average Bonchev–Trinajstić information content (AvgIpc) is 3.09. The summed E-state index contributed by atoms with van der Waals surface area (Å²) in [5.41, 5.74) is 1.68. The predicted octanol–water partition coefficient (Wildman–Crippen LogP) is 5.14. The van der Waals surface area contributed by atoms with Gasteiger partial charge in [-0.15, -0.1) is 10.2 Å². The van der Waals surface area contributed by atoms with Gasteiger partial charge in [0, 0.05) is 16.5 Å². The number of amides is 2. The van der Waals surface area contributed by atoms with Crippen LogP contribution in [0.3, 0.4) is 0 Å². The van der Waals surface area contributed by atoms with Crippen molar-refractivity contribution >= 4 is 51.5 Å². The smallest absolute Gasteiger partial charge is 0.325 e. The highest BCUT2D eigenvalue weighted by atomic mass is 35.5. The van der Waals surface area contributed by atoms with Crippen molar-refractivity contribution in [1.29, 1.82) is 0 Å². The number of methoxy groups -OCH3 is 1. The van der Waals surface area contributed by atoms with E-state index in [1.165, 1.54) is 23.1 Å². The van der Waals surface area contributed by atoms with Gasteiger partial charge in [0.1, 0.15) is 5.75 Å². The number of anilines is 2. The molecule has 1 aromatic heterocycles. The van der Waals surface area contributed by atoms with Crippen molar-refractivity contribution in [3.63, 3.8) is 0 Å². The minimum atomic E-state index is -0.381. The summed E-state index contributed by atoms with van der Waals surface area (Å²) in [4.78, 5) is 12.0. The molecule has 0 saturated heterocycles. The lowest BCUT2D eigenvalue weighted by Crippen LogP contribution is -2.19. The number of carbonyl (C=O) groups is 1. The van der Waals surface area contributed by atoms with E-state index < -0.39 is 0 Å². The Labute approximate surface area is 163 Å². The van der Waals surface area contributed by atoms with E-state index in [2.05, 4.69) is 20.8 Å². The van der Waals surface area contributed by atoms with Crippen LogP contribution in [-0.4, -0.2) is 23.3 Å². The fourth-order valence-corrected chi connectivity index (χ4v) is 4.04. The number of aromatic nitrogens is 2. The molecule has 3 rings (SSSR count). The van der Waals surface area contributed by atoms with Gasteiger partial charge >= 0.3 is 6.03 Å². The normalized spacial score (nSPS) is 10.4. The van der Waals surface area contributed by atoms with Gasteiger partial charge in [0.05, 0.1) is 7.11 Å². The van der Waals surface area contributed by atoms with Gasteiger partial charge in [-0.1, -0.05) is 52.9 Å². The van der Waals surface area contributed by atoms with Crippen molar-refractivity contribution in [2.75, 3.05) is 17.7 Å². The van der Waals surface area contributed by atoms with Crippen molar-refractivity contribution in [2.45, 2.75) is 10.1 Å². The van der Waals surface area contributed by atoms with Crippen LogP contribution in [0.1, 0.15) is 5.56 Å². The lowest BCUT2D eigenvalue weighted by Gasteiger charge is -2.05. The van der Waals surface area contributed by atoms with Crippen molar-refractivity contribution in [1.82, 2.24) is 10.2 Å². The fraction of sp³-hybridized carbons (Fsp3) is 0.118. The van der Waals surface area contributed by atoms with Gasteiger partial charge in [-0.25, -0.2) is 4.79 Å². The number of benzene rings is 2. The highest BCUT2D eigenvalue weighted by molar-refractivity contribution is 8.00.